The molecule has 0 unspecified atom stereocenters. The second-order valence-corrected chi connectivity index (χ2v) is 13.1. The molecule has 3 N–H and O–H groups in total. The molecule has 246 valence electrons. The van der Waals surface area contributed by atoms with E-state index >= 15 is 0 Å². The maximum absolute atomic E-state index is 14.2. The van der Waals surface area contributed by atoms with Gasteiger partial charge in [0.1, 0.15) is 11.4 Å². The fraction of sp³-hybridized carbons (Fsp3) is 0.382. The molecule has 0 aliphatic carbocycles. The molecule has 0 bridgehead atoms. The quantitative estimate of drug-likeness (QED) is 0.0985. The summed E-state index contributed by atoms with van der Waals surface area (Å²) in [5, 5.41) is 10.4. The van der Waals surface area contributed by atoms with Crippen LogP contribution in [0.5, 0.6) is 5.75 Å². The Morgan fingerprint density at radius 2 is 1.70 bits per heavy atom. The Morgan fingerprint density at radius 3 is 2.35 bits per heavy atom. The number of aliphatic imine (C=N–C) groups is 1. The Morgan fingerprint density at radius 1 is 1.00 bits per heavy atom. The third-order valence-corrected chi connectivity index (χ3v) is 7.87. The average Bonchev–Trinajstić information content (AvgIpc) is 3.39. The standard InChI is InChI=1S/C34H38Cl3N3O6/c1-33(2,3)46-29(42)15-17-34(32(43)40-38-18-16-22-5-9-24(35)10-6-22)30(27-14-11-25(36)21-28(27)37)45-31(39-34)23-7-12-26(13-8-23)44-20-4-19-41/h5-14,21,30,38,41H,4,15-20H2,1-3H3,(H,40,43)/t30-,34-/m0/s1. The van der Waals surface area contributed by atoms with Gasteiger partial charge in [-0.15, -0.1) is 0 Å². The van der Waals surface area contributed by atoms with Gasteiger partial charge in [0.05, 0.1) is 6.61 Å². The van der Waals surface area contributed by atoms with Gasteiger partial charge < -0.3 is 19.3 Å². The van der Waals surface area contributed by atoms with Crippen LogP contribution in [0.15, 0.2) is 71.7 Å². The van der Waals surface area contributed by atoms with Crippen molar-refractivity contribution in [1.82, 2.24) is 10.9 Å². The van der Waals surface area contributed by atoms with E-state index in [-0.39, 0.29) is 30.4 Å². The van der Waals surface area contributed by atoms with Crippen molar-refractivity contribution in [3.8, 4) is 5.75 Å². The SMILES string of the molecule is CC(C)(C)OC(=O)CC[C@]1(C(=O)NNCCc2ccc(Cl)cc2)N=C(c2ccc(OCCCO)cc2)O[C@H]1c1ccc(Cl)cc1Cl. The van der Waals surface area contributed by atoms with E-state index in [0.29, 0.717) is 52.9 Å². The van der Waals surface area contributed by atoms with Crippen molar-refractivity contribution in [3.05, 3.63) is 98.5 Å². The third-order valence-electron chi connectivity index (χ3n) is 7.06. The summed E-state index contributed by atoms with van der Waals surface area (Å²) < 4.78 is 17.7. The Kier molecular flexibility index (Phi) is 12.3. The number of nitrogens with one attached hydrogen (secondary N) is 2. The second-order valence-electron chi connectivity index (χ2n) is 11.8. The van der Waals surface area contributed by atoms with E-state index in [0.717, 1.165) is 5.56 Å². The van der Waals surface area contributed by atoms with Gasteiger partial charge in [-0.1, -0.05) is 53.0 Å². The predicted octanol–water partition coefficient (Wildman–Crippen LogP) is 6.65. The average molecular weight is 691 g/mol. The van der Waals surface area contributed by atoms with Gasteiger partial charge >= 0.3 is 5.97 Å². The van der Waals surface area contributed by atoms with Crippen molar-refractivity contribution < 1.29 is 28.9 Å². The van der Waals surface area contributed by atoms with Crippen LogP contribution in [0.2, 0.25) is 15.1 Å². The van der Waals surface area contributed by atoms with E-state index in [1.54, 1.807) is 63.2 Å². The summed E-state index contributed by atoms with van der Waals surface area (Å²) in [5.74, 6) is -0.197. The van der Waals surface area contributed by atoms with Crippen molar-refractivity contribution in [2.75, 3.05) is 19.8 Å². The lowest BCUT2D eigenvalue weighted by Crippen LogP contribution is -2.53. The minimum atomic E-state index is -1.62. The fourth-order valence-electron chi connectivity index (χ4n) is 4.86. The lowest BCUT2D eigenvalue weighted by atomic mass is 9.83. The number of aliphatic hydroxyl groups is 1. The first-order chi connectivity index (χ1) is 21.9. The number of carbonyl (C=O) groups excluding carboxylic acids is 2. The molecule has 3 aromatic carbocycles. The molecule has 2 atom stereocenters. The van der Waals surface area contributed by atoms with Crippen LogP contribution in [0.3, 0.4) is 0 Å². The Balaban J connectivity index is 1.67. The largest absolute Gasteiger partial charge is 0.494 e. The summed E-state index contributed by atoms with van der Waals surface area (Å²) in [6.45, 7) is 6.14. The zero-order valence-electron chi connectivity index (χ0n) is 25.9. The van der Waals surface area contributed by atoms with Gasteiger partial charge in [0.2, 0.25) is 5.90 Å². The molecular formula is C34H38Cl3N3O6. The van der Waals surface area contributed by atoms with E-state index in [9.17, 15) is 9.59 Å². The van der Waals surface area contributed by atoms with Gasteiger partial charge in [0, 0.05) is 52.2 Å². The van der Waals surface area contributed by atoms with Crippen LogP contribution in [-0.2, 0) is 25.5 Å². The van der Waals surface area contributed by atoms with Crippen LogP contribution >= 0.6 is 34.8 Å². The number of carbonyl (C=O) groups is 2. The highest BCUT2D eigenvalue weighted by atomic mass is 35.5. The topological polar surface area (TPSA) is 118 Å². The Hall–Kier alpha value is -3.34. The summed E-state index contributed by atoms with van der Waals surface area (Å²) in [7, 11) is 0. The van der Waals surface area contributed by atoms with Gasteiger partial charge in [0.15, 0.2) is 11.6 Å². The molecule has 1 aliphatic heterocycles. The molecule has 1 aliphatic rings. The number of ether oxygens (including phenoxy) is 3. The smallest absolute Gasteiger partial charge is 0.306 e. The predicted molar refractivity (Wildman–Crippen MR) is 180 cm³/mol. The third kappa shape index (κ3) is 9.59. The molecule has 0 aromatic heterocycles. The van der Waals surface area contributed by atoms with Crippen LogP contribution < -0.4 is 15.6 Å². The zero-order chi connectivity index (χ0) is 33.3. The number of benzene rings is 3. The van der Waals surface area contributed by atoms with Crippen molar-refractivity contribution in [1.29, 1.82) is 0 Å². The van der Waals surface area contributed by atoms with Crippen LogP contribution in [0.25, 0.3) is 0 Å². The molecule has 9 nitrogen and oxygen atoms in total. The summed E-state index contributed by atoms with van der Waals surface area (Å²) in [4.78, 5) is 32.0. The monoisotopic (exact) mass is 689 g/mol. The van der Waals surface area contributed by atoms with E-state index in [2.05, 4.69) is 10.9 Å². The summed E-state index contributed by atoms with van der Waals surface area (Å²) >= 11 is 18.9. The van der Waals surface area contributed by atoms with Crippen molar-refractivity contribution in [2.45, 2.75) is 63.7 Å². The Labute approximate surface area is 284 Å². The van der Waals surface area contributed by atoms with E-state index in [1.165, 1.54) is 0 Å². The molecule has 0 fully saturated rings. The molecule has 4 rings (SSSR count). The minimum Gasteiger partial charge on any atom is -0.494 e. The summed E-state index contributed by atoms with van der Waals surface area (Å²) in [5.41, 5.74) is 5.57. The second kappa shape index (κ2) is 16.0. The number of amides is 1. The molecular weight excluding hydrogens is 653 g/mol. The normalized spacial score (nSPS) is 17.6. The first-order valence-corrected chi connectivity index (χ1v) is 16.1. The van der Waals surface area contributed by atoms with Crippen molar-refractivity contribution >= 4 is 52.6 Å². The molecule has 12 heteroatoms. The van der Waals surface area contributed by atoms with Gasteiger partial charge in [-0.25, -0.2) is 10.4 Å². The maximum atomic E-state index is 14.2. The minimum absolute atomic E-state index is 0.0286. The molecule has 46 heavy (non-hydrogen) atoms. The lowest BCUT2D eigenvalue weighted by Gasteiger charge is -2.31. The summed E-state index contributed by atoms with van der Waals surface area (Å²) in [6.07, 6.45) is -0.0403. The highest BCUT2D eigenvalue weighted by molar-refractivity contribution is 6.35. The molecule has 0 saturated carbocycles. The first kappa shape index (κ1) is 35.5. The number of rotatable bonds is 14. The van der Waals surface area contributed by atoms with Crippen molar-refractivity contribution in [2.24, 2.45) is 4.99 Å². The lowest BCUT2D eigenvalue weighted by molar-refractivity contribution is -0.155. The van der Waals surface area contributed by atoms with Gasteiger partial charge in [0.25, 0.3) is 5.91 Å². The highest BCUT2D eigenvalue weighted by Crippen LogP contribution is 2.45. The number of hydrogen-bond donors (Lipinski definition) is 3. The van der Waals surface area contributed by atoms with Gasteiger partial charge in [-0.05, 0) is 87.7 Å². The van der Waals surface area contributed by atoms with E-state index in [4.69, 9.17) is 59.1 Å². The Bertz CT molecular complexity index is 1530. The number of hydrogen-bond acceptors (Lipinski definition) is 8. The molecule has 0 radical (unpaired) electrons. The number of nitrogens with zero attached hydrogens (tertiary/aromatic N) is 1. The highest BCUT2D eigenvalue weighted by Gasteiger charge is 2.54. The first-order valence-electron chi connectivity index (χ1n) is 15.0. The van der Waals surface area contributed by atoms with Gasteiger partial charge in [-0.2, -0.15) is 0 Å². The molecule has 0 spiro atoms. The molecule has 1 amide bonds. The fourth-order valence-corrected chi connectivity index (χ4v) is 5.49. The number of hydrazine groups is 1. The number of halogens is 3. The molecule has 0 saturated heterocycles. The van der Waals surface area contributed by atoms with Crippen LogP contribution in [0, 0.1) is 0 Å². The number of esters is 1. The molecule has 1 heterocycles. The van der Waals surface area contributed by atoms with Crippen LogP contribution in [-0.4, -0.2) is 53.8 Å². The maximum Gasteiger partial charge on any atom is 0.306 e. The number of aliphatic hydroxyl groups excluding tert-OH is 1. The van der Waals surface area contributed by atoms with Gasteiger partial charge in [-0.3, -0.25) is 15.0 Å². The van der Waals surface area contributed by atoms with Crippen molar-refractivity contribution in [3.63, 3.8) is 0 Å². The van der Waals surface area contributed by atoms with E-state index in [1.807, 2.05) is 24.3 Å². The molecule has 3 aromatic rings. The zero-order valence-corrected chi connectivity index (χ0v) is 28.2. The van der Waals surface area contributed by atoms with Crippen LogP contribution in [0.4, 0.5) is 0 Å². The summed E-state index contributed by atoms with van der Waals surface area (Å²) in [6, 6.07) is 19.4. The van der Waals surface area contributed by atoms with E-state index < -0.39 is 29.1 Å². The van der Waals surface area contributed by atoms with Crippen LogP contribution in [0.1, 0.15) is 62.8 Å².